The SMILES string of the molecule is CC1(C(=O)O)c2ccccc2Oc2ccccc21.NNC(=O)CCl. The number of hydrazine groups is 1. The molecule has 4 N–H and O–H groups in total. The minimum atomic E-state index is -1.06. The van der Waals surface area contributed by atoms with Crippen LogP contribution in [-0.2, 0) is 15.0 Å². The van der Waals surface area contributed by atoms with Gasteiger partial charge >= 0.3 is 5.97 Å². The number of carboxylic acid groups (broad SMARTS) is 1. The Morgan fingerprint density at radius 3 is 1.92 bits per heavy atom. The van der Waals surface area contributed by atoms with Gasteiger partial charge in [0.1, 0.15) is 22.8 Å². The van der Waals surface area contributed by atoms with Gasteiger partial charge in [-0.05, 0) is 19.1 Å². The number of fused-ring (bicyclic) bond motifs is 2. The number of nitrogens with two attached hydrogens (primary N) is 1. The van der Waals surface area contributed by atoms with Gasteiger partial charge in [0.05, 0.1) is 0 Å². The summed E-state index contributed by atoms with van der Waals surface area (Å²) < 4.78 is 5.76. The number of hydrogen-bond donors (Lipinski definition) is 3. The molecule has 1 aliphatic heterocycles. The third kappa shape index (κ3) is 3.20. The number of carbonyl (C=O) groups is 2. The highest BCUT2D eigenvalue weighted by molar-refractivity contribution is 6.27. The molecular formula is C17H17ClN2O4. The molecule has 0 bridgehead atoms. The molecule has 1 heterocycles. The van der Waals surface area contributed by atoms with Crippen molar-refractivity contribution < 1.29 is 19.4 Å². The van der Waals surface area contributed by atoms with Crippen LogP contribution < -0.4 is 16.0 Å². The van der Waals surface area contributed by atoms with Crippen LogP contribution in [0.3, 0.4) is 0 Å². The summed E-state index contributed by atoms with van der Waals surface area (Å²) in [5.74, 6) is 4.52. The molecule has 126 valence electrons. The zero-order valence-electron chi connectivity index (χ0n) is 13.0. The fourth-order valence-corrected chi connectivity index (χ4v) is 2.55. The second-order valence-corrected chi connectivity index (χ2v) is 5.49. The normalized spacial score (nSPS) is 13.3. The maximum atomic E-state index is 11.7. The van der Waals surface area contributed by atoms with Crippen LogP contribution in [0.5, 0.6) is 11.5 Å². The van der Waals surface area contributed by atoms with E-state index in [4.69, 9.17) is 16.3 Å². The van der Waals surface area contributed by atoms with Crippen molar-refractivity contribution in [2.75, 3.05) is 5.88 Å². The molecule has 0 saturated carbocycles. The van der Waals surface area contributed by atoms with E-state index in [-0.39, 0.29) is 11.8 Å². The molecule has 6 nitrogen and oxygen atoms in total. The Kier molecular flexibility index (Phi) is 5.43. The summed E-state index contributed by atoms with van der Waals surface area (Å²) in [6.45, 7) is 1.72. The second-order valence-electron chi connectivity index (χ2n) is 5.23. The first kappa shape index (κ1) is 17.8. The Labute approximate surface area is 144 Å². The summed E-state index contributed by atoms with van der Waals surface area (Å²) in [6, 6.07) is 14.6. The molecular weight excluding hydrogens is 332 g/mol. The quantitative estimate of drug-likeness (QED) is 0.335. The zero-order valence-corrected chi connectivity index (χ0v) is 13.7. The molecule has 0 unspecified atom stereocenters. The van der Waals surface area contributed by atoms with E-state index in [1.807, 2.05) is 29.7 Å². The highest BCUT2D eigenvalue weighted by Gasteiger charge is 2.44. The van der Waals surface area contributed by atoms with Gasteiger partial charge in [-0.1, -0.05) is 36.4 Å². The number of para-hydroxylation sites is 2. The zero-order chi connectivity index (χ0) is 17.7. The van der Waals surface area contributed by atoms with E-state index in [0.717, 1.165) is 0 Å². The van der Waals surface area contributed by atoms with Crippen LogP contribution >= 0.6 is 11.6 Å². The molecule has 24 heavy (non-hydrogen) atoms. The first-order chi connectivity index (χ1) is 11.4. The van der Waals surface area contributed by atoms with Gasteiger partial charge in [0, 0.05) is 11.1 Å². The summed E-state index contributed by atoms with van der Waals surface area (Å²) >= 11 is 4.96. The number of rotatable bonds is 2. The molecule has 2 aromatic carbocycles. The second kappa shape index (κ2) is 7.33. The van der Waals surface area contributed by atoms with Crippen LogP contribution in [0, 0.1) is 0 Å². The van der Waals surface area contributed by atoms with Gasteiger partial charge in [0.25, 0.3) is 0 Å². The van der Waals surface area contributed by atoms with E-state index in [9.17, 15) is 14.7 Å². The molecule has 0 saturated heterocycles. The minimum absolute atomic E-state index is 0.0729. The van der Waals surface area contributed by atoms with Crippen LogP contribution in [0.4, 0.5) is 0 Å². The minimum Gasteiger partial charge on any atom is -0.480 e. The van der Waals surface area contributed by atoms with Crippen molar-refractivity contribution in [3.8, 4) is 11.5 Å². The van der Waals surface area contributed by atoms with E-state index in [1.54, 1.807) is 31.2 Å². The number of ether oxygens (including phenoxy) is 1. The fourth-order valence-electron chi connectivity index (χ4n) is 2.47. The number of aliphatic carboxylic acids is 1. The first-order valence-electron chi connectivity index (χ1n) is 7.10. The number of hydrogen-bond acceptors (Lipinski definition) is 4. The molecule has 1 aliphatic rings. The van der Waals surface area contributed by atoms with Crippen molar-refractivity contribution >= 4 is 23.5 Å². The Balaban J connectivity index is 0.000000301. The van der Waals surface area contributed by atoms with Gasteiger partial charge < -0.3 is 9.84 Å². The molecule has 2 aromatic rings. The molecule has 0 fully saturated rings. The number of benzene rings is 2. The maximum Gasteiger partial charge on any atom is 0.318 e. The third-order valence-electron chi connectivity index (χ3n) is 3.78. The van der Waals surface area contributed by atoms with Crippen LogP contribution in [0.15, 0.2) is 48.5 Å². The highest BCUT2D eigenvalue weighted by Crippen LogP contribution is 2.47. The van der Waals surface area contributed by atoms with Crippen molar-refractivity contribution in [3.05, 3.63) is 59.7 Å². The van der Waals surface area contributed by atoms with Crippen molar-refractivity contribution in [2.24, 2.45) is 5.84 Å². The lowest BCUT2D eigenvalue weighted by molar-refractivity contribution is -0.141. The average molecular weight is 349 g/mol. The fraction of sp³-hybridized carbons (Fsp3) is 0.176. The van der Waals surface area contributed by atoms with Crippen molar-refractivity contribution in [1.29, 1.82) is 0 Å². The molecule has 7 heteroatoms. The molecule has 0 radical (unpaired) electrons. The van der Waals surface area contributed by atoms with Gasteiger partial charge in [0.2, 0.25) is 5.91 Å². The average Bonchev–Trinajstić information content (AvgIpc) is 2.61. The van der Waals surface area contributed by atoms with E-state index in [1.165, 1.54) is 0 Å². The lowest BCUT2D eigenvalue weighted by Gasteiger charge is -2.33. The van der Waals surface area contributed by atoms with Crippen molar-refractivity contribution in [2.45, 2.75) is 12.3 Å². The summed E-state index contributed by atoms with van der Waals surface area (Å²) in [5.41, 5.74) is 2.16. The van der Waals surface area contributed by atoms with Crippen LogP contribution in [0.25, 0.3) is 0 Å². The van der Waals surface area contributed by atoms with E-state index in [0.29, 0.717) is 22.6 Å². The monoisotopic (exact) mass is 348 g/mol. The Morgan fingerprint density at radius 1 is 1.12 bits per heavy atom. The molecule has 1 amide bonds. The number of carboxylic acids is 1. The van der Waals surface area contributed by atoms with Gasteiger partial charge in [-0.2, -0.15) is 0 Å². The predicted octanol–water partition coefficient (Wildman–Crippen LogP) is 2.40. The Bertz CT molecular complexity index is 712. The summed E-state index contributed by atoms with van der Waals surface area (Å²) in [7, 11) is 0. The molecule has 0 atom stereocenters. The number of nitrogens with one attached hydrogen (secondary N) is 1. The molecule has 3 rings (SSSR count). The van der Waals surface area contributed by atoms with Gasteiger partial charge in [-0.3, -0.25) is 15.0 Å². The van der Waals surface area contributed by atoms with Gasteiger partial charge in [-0.25, -0.2) is 5.84 Å². The van der Waals surface area contributed by atoms with Crippen molar-refractivity contribution in [1.82, 2.24) is 5.43 Å². The number of carbonyl (C=O) groups excluding carboxylic acids is 1. The van der Waals surface area contributed by atoms with E-state index < -0.39 is 11.4 Å². The van der Waals surface area contributed by atoms with E-state index >= 15 is 0 Å². The lowest BCUT2D eigenvalue weighted by Crippen LogP contribution is -2.36. The standard InChI is InChI=1S/C15H12O3.C2H5ClN2O/c1-15(14(16)17)10-6-2-4-8-12(10)18-13-9-5-3-7-11(13)15;3-1-2(6)5-4/h2-9H,1H3,(H,16,17);1,4H2,(H,5,6). The van der Waals surface area contributed by atoms with Crippen LogP contribution in [0.1, 0.15) is 18.1 Å². The predicted molar refractivity (Wildman–Crippen MR) is 90.1 cm³/mol. The maximum absolute atomic E-state index is 11.7. The van der Waals surface area contributed by atoms with Crippen LogP contribution in [-0.4, -0.2) is 22.9 Å². The van der Waals surface area contributed by atoms with Crippen LogP contribution in [0.2, 0.25) is 0 Å². The van der Waals surface area contributed by atoms with E-state index in [2.05, 4.69) is 5.84 Å². The molecule has 0 spiro atoms. The third-order valence-corrected chi connectivity index (χ3v) is 4.02. The Morgan fingerprint density at radius 2 is 1.58 bits per heavy atom. The number of amides is 1. The summed E-state index contributed by atoms with van der Waals surface area (Å²) in [5, 5.41) is 9.64. The summed E-state index contributed by atoms with van der Waals surface area (Å²) in [6.07, 6.45) is 0. The Hall–Kier alpha value is -2.57. The number of alkyl halides is 1. The topological polar surface area (TPSA) is 102 Å². The van der Waals surface area contributed by atoms with Gasteiger partial charge in [-0.15, -0.1) is 11.6 Å². The molecule has 0 aliphatic carbocycles. The van der Waals surface area contributed by atoms with Gasteiger partial charge in [0.15, 0.2) is 0 Å². The number of halogens is 1. The van der Waals surface area contributed by atoms with Crippen molar-refractivity contribution in [3.63, 3.8) is 0 Å². The largest absolute Gasteiger partial charge is 0.480 e. The smallest absolute Gasteiger partial charge is 0.318 e. The first-order valence-corrected chi connectivity index (χ1v) is 7.64. The highest BCUT2D eigenvalue weighted by atomic mass is 35.5. The summed E-state index contributed by atoms with van der Waals surface area (Å²) in [4.78, 5) is 21.6. The lowest BCUT2D eigenvalue weighted by atomic mass is 9.74. The molecule has 0 aromatic heterocycles.